The quantitative estimate of drug-likeness (QED) is 0.828. The first-order chi connectivity index (χ1) is 10.1. The first-order valence-corrected chi connectivity index (χ1v) is 7.45. The molecule has 2 rings (SSSR count). The van der Waals surface area contributed by atoms with Crippen molar-refractivity contribution >= 4 is 15.9 Å². The molecular formula is C16H16BrF2NO. The molecule has 0 unspecified atom stereocenters. The Morgan fingerprint density at radius 1 is 1.05 bits per heavy atom. The van der Waals surface area contributed by atoms with Crippen LogP contribution >= 0.6 is 15.9 Å². The van der Waals surface area contributed by atoms with Crippen molar-refractivity contribution in [1.82, 2.24) is 5.32 Å². The third-order valence-corrected chi connectivity index (χ3v) is 3.57. The number of ether oxygens (including phenoxy) is 1. The van der Waals surface area contributed by atoms with Gasteiger partial charge in [0.1, 0.15) is 12.4 Å². The number of halogens is 3. The van der Waals surface area contributed by atoms with E-state index in [2.05, 4.69) is 21.2 Å². The van der Waals surface area contributed by atoms with Gasteiger partial charge in [-0.3, -0.25) is 0 Å². The number of hydrogen-bond acceptors (Lipinski definition) is 2. The van der Waals surface area contributed by atoms with E-state index in [4.69, 9.17) is 4.74 Å². The van der Waals surface area contributed by atoms with Gasteiger partial charge in [0.25, 0.3) is 0 Å². The Morgan fingerprint density at radius 2 is 1.81 bits per heavy atom. The molecule has 0 spiro atoms. The lowest BCUT2D eigenvalue weighted by molar-refractivity contribution is 0.303. The van der Waals surface area contributed by atoms with Crippen molar-refractivity contribution in [2.24, 2.45) is 0 Å². The molecule has 0 aliphatic rings. The molecule has 5 heteroatoms. The number of benzene rings is 2. The Hall–Kier alpha value is -1.46. The number of nitrogens with one attached hydrogen (secondary N) is 1. The maximum atomic E-state index is 13.1. The van der Waals surface area contributed by atoms with Crippen molar-refractivity contribution in [3.8, 4) is 5.75 Å². The molecule has 1 N–H and O–H groups in total. The molecule has 2 nitrogen and oxygen atoms in total. The van der Waals surface area contributed by atoms with Crippen LogP contribution in [0.15, 0.2) is 40.9 Å². The molecule has 2 aromatic rings. The van der Waals surface area contributed by atoms with Crippen LogP contribution in [0.1, 0.15) is 18.1 Å². The summed E-state index contributed by atoms with van der Waals surface area (Å²) in [7, 11) is 0. The van der Waals surface area contributed by atoms with Gasteiger partial charge in [-0.15, -0.1) is 0 Å². The topological polar surface area (TPSA) is 21.3 Å². The van der Waals surface area contributed by atoms with E-state index in [-0.39, 0.29) is 6.61 Å². The highest BCUT2D eigenvalue weighted by Crippen LogP contribution is 2.27. The van der Waals surface area contributed by atoms with Crippen LogP contribution in [-0.4, -0.2) is 6.54 Å². The minimum atomic E-state index is -0.865. The molecule has 0 saturated heterocycles. The lowest BCUT2D eigenvalue weighted by Gasteiger charge is -2.10. The highest BCUT2D eigenvalue weighted by atomic mass is 79.9. The maximum Gasteiger partial charge on any atom is 0.159 e. The number of rotatable bonds is 6. The molecule has 0 amide bonds. The first-order valence-electron chi connectivity index (χ1n) is 6.66. The van der Waals surface area contributed by atoms with Crippen LogP contribution in [-0.2, 0) is 13.2 Å². The largest absolute Gasteiger partial charge is 0.488 e. The molecule has 112 valence electrons. The van der Waals surface area contributed by atoms with E-state index in [1.165, 1.54) is 6.07 Å². The van der Waals surface area contributed by atoms with Crippen LogP contribution in [0.2, 0.25) is 0 Å². The van der Waals surface area contributed by atoms with Crippen LogP contribution in [0.25, 0.3) is 0 Å². The predicted molar refractivity (Wildman–Crippen MR) is 82.2 cm³/mol. The Labute approximate surface area is 131 Å². The fourth-order valence-corrected chi connectivity index (χ4v) is 2.37. The van der Waals surface area contributed by atoms with E-state index in [9.17, 15) is 8.78 Å². The summed E-state index contributed by atoms with van der Waals surface area (Å²) in [5, 5.41) is 3.24. The SMILES string of the molecule is CCNCc1ccc(OCc2ccc(F)c(F)c2)c(Br)c1. The monoisotopic (exact) mass is 355 g/mol. The van der Waals surface area contributed by atoms with Gasteiger partial charge >= 0.3 is 0 Å². The summed E-state index contributed by atoms with van der Waals surface area (Å²) in [4.78, 5) is 0. The Morgan fingerprint density at radius 3 is 2.48 bits per heavy atom. The summed E-state index contributed by atoms with van der Waals surface area (Å²) in [6.45, 7) is 3.93. The highest BCUT2D eigenvalue weighted by molar-refractivity contribution is 9.10. The van der Waals surface area contributed by atoms with Gasteiger partial charge in [0, 0.05) is 6.54 Å². The summed E-state index contributed by atoms with van der Waals surface area (Å²) in [6, 6.07) is 9.55. The smallest absolute Gasteiger partial charge is 0.159 e. The Bertz CT molecular complexity index is 619. The molecule has 0 atom stereocenters. The van der Waals surface area contributed by atoms with Gasteiger partial charge in [-0.05, 0) is 57.9 Å². The Balaban J connectivity index is 2.01. The maximum absolute atomic E-state index is 13.1. The molecule has 0 bridgehead atoms. The van der Waals surface area contributed by atoms with Crippen LogP contribution in [0.5, 0.6) is 5.75 Å². The molecule has 0 fully saturated rings. The molecule has 0 aromatic heterocycles. The third kappa shape index (κ3) is 4.51. The molecule has 2 aromatic carbocycles. The van der Waals surface area contributed by atoms with Gasteiger partial charge in [0.15, 0.2) is 11.6 Å². The average molecular weight is 356 g/mol. The minimum absolute atomic E-state index is 0.183. The van der Waals surface area contributed by atoms with E-state index in [0.717, 1.165) is 35.3 Å². The van der Waals surface area contributed by atoms with Gasteiger partial charge < -0.3 is 10.1 Å². The molecule has 0 radical (unpaired) electrons. The number of hydrogen-bond donors (Lipinski definition) is 1. The van der Waals surface area contributed by atoms with Crippen molar-refractivity contribution in [2.75, 3.05) is 6.54 Å². The molecule has 0 heterocycles. The van der Waals surface area contributed by atoms with Gasteiger partial charge in [-0.25, -0.2) is 8.78 Å². The van der Waals surface area contributed by atoms with E-state index in [1.807, 2.05) is 25.1 Å². The van der Waals surface area contributed by atoms with Crippen LogP contribution in [0, 0.1) is 11.6 Å². The van der Waals surface area contributed by atoms with Gasteiger partial charge in [-0.2, -0.15) is 0 Å². The second-order valence-electron chi connectivity index (χ2n) is 4.58. The standard InChI is InChI=1S/C16H16BrF2NO/c1-2-20-9-11-4-6-16(13(17)7-11)21-10-12-3-5-14(18)15(19)8-12/h3-8,20H,2,9-10H2,1H3. The summed E-state index contributed by atoms with van der Waals surface area (Å²) in [5.74, 6) is -1.05. The van der Waals surface area contributed by atoms with E-state index in [0.29, 0.717) is 11.3 Å². The molecule has 0 saturated carbocycles. The summed E-state index contributed by atoms with van der Waals surface area (Å²) < 4.78 is 32.4. The Kier molecular flexibility index (Phi) is 5.70. The van der Waals surface area contributed by atoms with Crippen molar-refractivity contribution in [3.05, 3.63) is 63.6 Å². The third-order valence-electron chi connectivity index (χ3n) is 2.95. The highest BCUT2D eigenvalue weighted by Gasteiger charge is 2.06. The van der Waals surface area contributed by atoms with E-state index >= 15 is 0 Å². The fourth-order valence-electron chi connectivity index (χ4n) is 1.83. The molecular weight excluding hydrogens is 340 g/mol. The summed E-state index contributed by atoms with van der Waals surface area (Å²) in [6.07, 6.45) is 0. The second-order valence-corrected chi connectivity index (χ2v) is 5.44. The van der Waals surface area contributed by atoms with Gasteiger partial charge in [-0.1, -0.05) is 19.1 Å². The average Bonchev–Trinajstić information content (AvgIpc) is 2.47. The molecule has 0 aliphatic carbocycles. The zero-order valence-corrected chi connectivity index (χ0v) is 13.2. The summed E-state index contributed by atoms with van der Waals surface area (Å²) >= 11 is 3.45. The van der Waals surface area contributed by atoms with Crippen molar-refractivity contribution in [2.45, 2.75) is 20.1 Å². The van der Waals surface area contributed by atoms with Crippen molar-refractivity contribution < 1.29 is 13.5 Å². The lowest BCUT2D eigenvalue weighted by atomic mass is 10.2. The molecule has 0 aliphatic heterocycles. The zero-order chi connectivity index (χ0) is 15.2. The minimum Gasteiger partial charge on any atom is -0.488 e. The first kappa shape index (κ1) is 15.9. The van der Waals surface area contributed by atoms with Gasteiger partial charge in [0.05, 0.1) is 4.47 Å². The molecule has 21 heavy (non-hydrogen) atoms. The fraction of sp³-hybridized carbons (Fsp3) is 0.250. The second kappa shape index (κ2) is 7.52. The lowest BCUT2D eigenvalue weighted by Crippen LogP contribution is -2.11. The van der Waals surface area contributed by atoms with Crippen LogP contribution < -0.4 is 10.1 Å². The van der Waals surface area contributed by atoms with Crippen LogP contribution in [0.4, 0.5) is 8.78 Å². The van der Waals surface area contributed by atoms with Crippen molar-refractivity contribution in [1.29, 1.82) is 0 Å². The normalized spacial score (nSPS) is 10.7. The van der Waals surface area contributed by atoms with Crippen molar-refractivity contribution in [3.63, 3.8) is 0 Å². The van der Waals surface area contributed by atoms with E-state index in [1.54, 1.807) is 0 Å². The van der Waals surface area contributed by atoms with Crippen LogP contribution in [0.3, 0.4) is 0 Å². The zero-order valence-electron chi connectivity index (χ0n) is 11.6. The predicted octanol–water partition coefficient (Wildman–Crippen LogP) is 4.42. The summed E-state index contributed by atoms with van der Waals surface area (Å²) in [5.41, 5.74) is 1.72. The van der Waals surface area contributed by atoms with Gasteiger partial charge in [0.2, 0.25) is 0 Å². The van der Waals surface area contributed by atoms with E-state index < -0.39 is 11.6 Å².